The lowest BCUT2D eigenvalue weighted by Gasteiger charge is -2.23. The van der Waals surface area contributed by atoms with Gasteiger partial charge in [0.2, 0.25) is 0 Å². The molecule has 0 radical (unpaired) electrons. The fraction of sp³-hybridized carbons (Fsp3) is 0.450. The van der Waals surface area contributed by atoms with Crippen LogP contribution in [0.5, 0.6) is 0 Å². The first-order valence-electron chi connectivity index (χ1n) is 9.15. The van der Waals surface area contributed by atoms with E-state index in [0.29, 0.717) is 22.5 Å². The van der Waals surface area contributed by atoms with E-state index in [0.717, 1.165) is 56.4 Å². The number of furan rings is 1. The standard InChI is InChI=1S/C20H25Cl2N3O2/c1-25(13-15-4-5-18(21)19(22)11-15)20(24-12-16-7-10-26-14-16)23-8-6-17-3-2-9-27-17/h2-5,9,11,16H,6-8,10,12-14H2,1H3,(H,23,24). The third-order valence-corrected chi connectivity index (χ3v) is 5.26. The van der Waals surface area contributed by atoms with E-state index in [-0.39, 0.29) is 0 Å². The zero-order chi connectivity index (χ0) is 19.1. The number of nitrogens with one attached hydrogen (secondary N) is 1. The average Bonchev–Trinajstić information content (AvgIpc) is 3.34. The van der Waals surface area contributed by atoms with Gasteiger partial charge in [0, 0.05) is 45.6 Å². The number of hydrogen-bond donors (Lipinski definition) is 1. The zero-order valence-electron chi connectivity index (χ0n) is 15.5. The highest BCUT2D eigenvalue weighted by molar-refractivity contribution is 6.42. The van der Waals surface area contributed by atoms with Gasteiger partial charge < -0.3 is 19.4 Å². The summed E-state index contributed by atoms with van der Waals surface area (Å²) in [7, 11) is 2.02. The van der Waals surface area contributed by atoms with E-state index in [9.17, 15) is 0 Å². The molecule has 0 bridgehead atoms. The largest absolute Gasteiger partial charge is 0.469 e. The normalized spacial score (nSPS) is 17.3. The Kier molecular flexibility index (Phi) is 7.44. The molecule has 2 heterocycles. The van der Waals surface area contributed by atoms with Gasteiger partial charge in [-0.05, 0) is 36.2 Å². The summed E-state index contributed by atoms with van der Waals surface area (Å²) in [6.07, 6.45) is 3.57. The molecule has 1 atom stereocenters. The van der Waals surface area contributed by atoms with Crippen LogP contribution in [0.15, 0.2) is 46.0 Å². The van der Waals surface area contributed by atoms with Crippen molar-refractivity contribution >= 4 is 29.2 Å². The van der Waals surface area contributed by atoms with E-state index >= 15 is 0 Å². The van der Waals surface area contributed by atoms with Crippen LogP contribution in [0.4, 0.5) is 0 Å². The Bertz CT molecular complexity index is 744. The Morgan fingerprint density at radius 3 is 2.89 bits per heavy atom. The molecular weight excluding hydrogens is 385 g/mol. The van der Waals surface area contributed by atoms with Crippen molar-refractivity contribution in [3.63, 3.8) is 0 Å². The summed E-state index contributed by atoms with van der Waals surface area (Å²) >= 11 is 12.2. The number of guanidine groups is 1. The predicted molar refractivity (Wildman–Crippen MR) is 110 cm³/mol. The molecule has 3 rings (SSSR count). The highest BCUT2D eigenvalue weighted by Crippen LogP contribution is 2.23. The lowest BCUT2D eigenvalue weighted by atomic mass is 10.1. The molecule has 1 aromatic heterocycles. The highest BCUT2D eigenvalue weighted by Gasteiger charge is 2.16. The SMILES string of the molecule is CN(Cc1ccc(Cl)c(Cl)c1)C(=NCC1CCOC1)NCCc1ccco1. The van der Waals surface area contributed by atoms with E-state index in [4.69, 9.17) is 37.3 Å². The Labute approximate surface area is 170 Å². The molecule has 5 nitrogen and oxygen atoms in total. The van der Waals surface area contributed by atoms with Crippen molar-refractivity contribution in [2.45, 2.75) is 19.4 Å². The van der Waals surface area contributed by atoms with Crippen molar-refractivity contribution in [1.82, 2.24) is 10.2 Å². The minimum absolute atomic E-state index is 0.491. The van der Waals surface area contributed by atoms with Crippen LogP contribution in [0.3, 0.4) is 0 Å². The molecule has 0 saturated carbocycles. The van der Waals surface area contributed by atoms with E-state index < -0.39 is 0 Å². The van der Waals surface area contributed by atoms with Crippen molar-refractivity contribution in [3.8, 4) is 0 Å². The number of rotatable bonds is 7. The molecule has 27 heavy (non-hydrogen) atoms. The summed E-state index contributed by atoms with van der Waals surface area (Å²) in [5.41, 5.74) is 1.08. The maximum atomic E-state index is 6.14. The van der Waals surface area contributed by atoms with Crippen LogP contribution in [0.25, 0.3) is 0 Å². The highest BCUT2D eigenvalue weighted by atomic mass is 35.5. The molecular formula is C20H25Cl2N3O2. The minimum Gasteiger partial charge on any atom is -0.469 e. The molecule has 1 unspecified atom stereocenters. The van der Waals surface area contributed by atoms with Gasteiger partial charge in [-0.1, -0.05) is 29.3 Å². The first-order valence-corrected chi connectivity index (χ1v) is 9.91. The van der Waals surface area contributed by atoms with Gasteiger partial charge in [0.25, 0.3) is 0 Å². The predicted octanol–water partition coefficient (Wildman–Crippen LogP) is 4.24. The van der Waals surface area contributed by atoms with Gasteiger partial charge in [0.05, 0.1) is 22.9 Å². The van der Waals surface area contributed by atoms with Gasteiger partial charge in [0.15, 0.2) is 5.96 Å². The Balaban J connectivity index is 1.62. The molecule has 1 saturated heterocycles. The molecule has 7 heteroatoms. The molecule has 1 aliphatic heterocycles. The topological polar surface area (TPSA) is 50.0 Å². The molecule has 0 spiro atoms. The number of aliphatic imine (C=N–C) groups is 1. The fourth-order valence-electron chi connectivity index (χ4n) is 2.99. The number of halogens is 2. The molecule has 0 amide bonds. The second-order valence-corrected chi connectivity index (χ2v) is 7.57. The smallest absolute Gasteiger partial charge is 0.193 e. The van der Waals surface area contributed by atoms with Gasteiger partial charge in [-0.2, -0.15) is 0 Å². The molecule has 146 valence electrons. The Morgan fingerprint density at radius 1 is 1.30 bits per heavy atom. The fourth-order valence-corrected chi connectivity index (χ4v) is 3.31. The molecule has 0 aliphatic carbocycles. The zero-order valence-corrected chi connectivity index (χ0v) is 17.0. The summed E-state index contributed by atoms with van der Waals surface area (Å²) < 4.78 is 10.9. The molecule has 1 fully saturated rings. The number of benzene rings is 1. The molecule has 1 N–H and O–H groups in total. The first-order chi connectivity index (χ1) is 13.1. The molecule has 2 aromatic rings. The number of hydrogen-bond acceptors (Lipinski definition) is 3. The van der Waals surface area contributed by atoms with Gasteiger partial charge in [0.1, 0.15) is 5.76 Å². The van der Waals surface area contributed by atoms with Gasteiger partial charge in [-0.25, -0.2) is 0 Å². The van der Waals surface area contributed by atoms with Crippen molar-refractivity contribution < 1.29 is 9.15 Å². The van der Waals surface area contributed by atoms with E-state index in [2.05, 4.69) is 10.2 Å². The monoisotopic (exact) mass is 409 g/mol. The van der Waals surface area contributed by atoms with Crippen LogP contribution in [0, 0.1) is 5.92 Å². The maximum absolute atomic E-state index is 6.14. The molecule has 1 aliphatic rings. The second-order valence-electron chi connectivity index (χ2n) is 6.75. The van der Waals surface area contributed by atoms with Crippen LogP contribution in [-0.2, 0) is 17.7 Å². The van der Waals surface area contributed by atoms with Crippen LogP contribution >= 0.6 is 23.2 Å². The number of ether oxygens (including phenoxy) is 1. The van der Waals surface area contributed by atoms with Crippen molar-refractivity contribution in [3.05, 3.63) is 58.0 Å². The first kappa shape index (κ1) is 20.1. The van der Waals surface area contributed by atoms with Crippen LogP contribution in [-0.4, -0.2) is 44.2 Å². The quantitative estimate of drug-likeness (QED) is 0.548. The molecule has 1 aromatic carbocycles. The third-order valence-electron chi connectivity index (χ3n) is 4.52. The van der Waals surface area contributed by atoms with Gasteiger partial charge >= 0.3 is 0 Å². The van der Waals surface area contributed by atoms with Crippen molar-refractivity contribution in [1.29, 1.82) is 0 Å². The Morgan fingerprint density at radius 2 is 2.19 bits per heavy atom. The summed E-state index contributed by atoms with van der Waals surface area (Å²) in [5.74, 6) is 2.31. The second kappa shape index (κ2) is 10.0. The van der Waals surface area contributed by atoms with E-state index in [1.807, 2.05) is 37.4 Å². The lowest BCUT2D eigenvalue weighted by Crippen LogP contribution is -2.40. The van der Waals surface area contributed by atoms with Gasteiger partial charge in [-0.15, -0.1) is 0 Å². The minimum atomic E-state index is 0.491. The van der Waals surface area contributed by atoms with E-state index in [1.54, 1.807) is 6.26 Å². The lowest BCUT2D eigenvalue weighted by molar-refractivity contribution is 0.187. The summed E-state index contributed by atoms with van der Waals surface area (Å²) in [6, 6.07) is 9.58. The summed E-state index contributed by atoms with van der Waals surface area (Å²) in [6.45, 7) is 3.82. The van der Waals surface area contributed by atoms with Gasteiger partial charge in [-0.3, -0.25) is 4.99 Å². The van der Waals surface area contributed by atoms with Crippen LogP contribution in [0.2, 0.25) is 10.0 Å². The maximum Gasteiger partial charge on any atom is 0.193 e. The van der Waals surface area contributed by atoms with Crippen LogP contribution < -0.4 is 5.32 Å². The average molecular weight is 410 g/mol. The van der Waals surface area contributed by atoms with Crippen molar-refractivity contribution in [2.75, 3.05) is 33.4 Å². The van der Waals surface area contributed by atoms with E-state index in [1.165, 1.54) is 0 Å². The van der Waals surface area contributed by atoms with Crippen molar-refractivity contribution in [2.24, 2.45) is 10.9 Å². The van der Waals surface area contributed by atoms with Crippen LogP contribution in [0.1, 0.15) is 17.7 Å². The number of nitrogens with zero attached hydrogens (tertiary/aromatic N) is 2. The summed E-state index contributed by atoms with van der Waals surface area (Å²) in [5, 5.41) is 4.57. The summed E-state index contributed by atoms with van der Waals surface area (Å²) in [4.78, 5) is 6.92. The Hall–Kier alpha value is -1.69. The third kappa shape index (κ3) is 6.16.